The van der Waals surface area contributed by atoms with Gasteiger partial charge in [-0.3, -0.25) is 0 Å². The van der Waals surface area contributed by atoms with Crippen LogP contribution in [0.1, 0.15) is 27.7 Å². The topological polar surface area (TPSA) is 54.6 Å². The van der Waals surface area contributed by atoms with Gasteiger partial charge in [-0.05, 0) is 62.5 Å². The maximum absolute atomic E-state index is 10.6. The first-order chi connectivity index (χ1) is 16.7. The fourth-order valence-corrected chi connectivity index (χ4v) is 3.93. The number of hydrogen-bond donors (Lipinski definition) is 2. The fourth-order valence-electron chi connectivity index (χ4n) is 3.93. The second-order valence-electron chi connectivity index (χ2n) is 9.88. The Morgan fingerprint density at radius 3 is 2.23 bits per heavy atom. The molecule has 0 fully saturated rings. The highest BCUT2D eigenvalue weighted by atomic mass is 16.5. The van der Waals surface area contributed by atoms with E-state index in [2.05, 4.69) is 47.8 Å². The van der Waals surface area contributed by atoms with Crippen molar-refractivity contribution < 1.29 is 14.2 Å². The summed E-state index contributed by atoms with van der Waals surface area (Å²) in [4.78, 5) is 0. The second-order valence-corrected chi connectivity index (χ2v) is 9.88. The molecule has 0 unspecified atom stereocenters. The summed E-state index contributed by atoms with van der Waals surface area (Å²) in [6.07, 6.45) is 0. The molecular weight excluding hydrogens is 433 g/mol. The first-order valence-corrected chi connectivity index (χ1v) is 11.8. The Morgan fingerprint density at radius 2 is 1.46 bits per heavy atom. The van der Waals surface area contributed by atoms with E-state index in [-0.39, 0.29) is 0 Å². The number of hydrogen-bond acceptors (Lipinski definition) is 4. The van der Waals surface area contributed by atoms with Gasteiger partial charge in [-0.2, -0.15) is 0 Å². The summed E-state index contributed by atoms with van der Waals surface area (Å²) in [5.74, 6) is 0. The van der Waals surface area contributed by atoms with Gasteiger partial charge in [0.15, 0.2) is 5.58 Å². The molecule has 2 N–H and O–H groups in total. The van der Waals surface area contributed by atoms with E-state index in [0.29, 0.717) is 0 Å². The molecule has 0 atom stereocenters. The quantitative estimate of drug-likeness (QED) is 0.261. The summed E-state index contributed by atoms with van der Waals surface area (Å²) in [6.45, 7) is 7.27. The molecule has 0 saturated carbocycles. The van der Waals surface area contributed by atoms with Gasteiger partial charge in [0.05, 0.1) is 16.9 Å². The number of nitrogens with one attached hydrogen (secondary N) is 1. The van der Waals surface area contributed by atoms with Crippen LogP contribution < -0.4 is 10.8 Å². The number of rotatable bonds is 7. The molecule has 175 valence electrons. The SMILES string of the molecule is CC(C)(O)C(C)(C)O[B]c1cc(-c2ccccc2)ccc1Nc1cccc2c1oc1ccccc12. The predicted molar refractivity (Wildman–Crippen MR) is 146 cm³/mol. The molecule has 1 radical (unpaired) electrons. The minimum atomic E-state index is -1.02. The smallest absolute Gasteiger partial charge is 0.333 e. The lowest BCUT2D eigenvalue weighted by atomic mass is 9.80. The summed E-state index contributed by atoms with van der Waals surface area (Å²) in [7, 11) is 1.73. The van der Waals surface area contributed by atoms with Crippen molar-refractivity contribution in [1.82, 2.24) is 0 Å². The molecule has 1 heterocycles. The third kappa shape index (κ3) is 4.57. The monoisotopic (exact) mass is 462 g/mol. The molecule has 4 aromatic carbocycles. The normalized spacial score (nSPS) is 12.3. The van der Waals surface area contributed by atoms with Crippen molar-refractivity contribution in [2.24, 2.45) is 0 Å². The van der Waals surface area contributed by atoms with Crippen LogP contribution in [0.15, 0.2) is 95.4 Å². The highest BCUT2D eigenvalue weighted by Crippen LogP contribution is 2.34. The van der Waals surface area contributed by atoms with Gasteiger partial charge in [-0.1, -0.05) is 72.8 Å². The lowest BCUT2D eigenvalue weighted by Gasteiger charge is -2.37. The van der Waals surface area contributed by atoms with Gasteiger partial charge in [0.1, 0.15) is 5.58 Å². The van der Waals surface area contributed by atoms with Gasteiger partial charge in [-0.25, -0.2) is 0 Å². The van der Waals surface area contributed by atoms with E-state index in [1.54, 1.807) is 21.3 Å². The third-order valence-corrected chi connectivity index (χ3v) is 6.79. The molecule has 0 amide bonds. The molecule has 5 heteroatoms. The van der Waals surface area contributed by atoms with E-state index in [4.69, 9.17) is 9.07 Å². The van der Waals surface area contributed by atoms with Gasteiger partial charge in [0.2, 0.25) is 0 Å². The Balaban J connectivity index is 1.55. The zero-order valence-corrected chi connectivity index (χ0v) is 20.5. The predicted octanol–water partition coefficient (Wildman–Crippen LogP) is 6.81. The standard InChI is InChI=1S/C30H29BNO3/c1-29(2,33)30(3,4)35-31-24-19-21(20-11-6-5-7-12-20)17-18-25(24)32-26-15-10-14-23-22-13-8-9-16-27(22)34-28(23)26/h5-19,32-33H,1-4H3. The van der Waals surface area contributed by atoms with Crippen LogP contribution in [0, 0.1) is 0 Å². The number of anilines is 2. The number of aliphatic hydroxyl groups is 1. The molecule has 0 spiro atoms. The van der Waals surface area contributed by atoms with Crippen molar-refractivity contribution in [1.29, 1.82) is 0 Å². The summed E-state index contributed by atoms with van der Waals surface area (Å²) < 4.78 is 12.4. The average Bonchev–Trinajstić information content (AvgIpc) is 3.23. The molecule has 0 aliphatic rings. The van der Waals surface area contributed by atoms with Crippen LogP contribution in [0.2, 0.25) is 0 Å². The number of para-hydroxylation sites is 2. The molecule has 0 bridgehead atoms. The van der Waals surface area contributed by atoms with Crippen molar-refractivity contribution in [3.63, 3.8) is 0 Å². The molecule has 0 aliphatic carbocycles. The Kier molecular flexibility index (Phi) is 5.91. The van der Waals surface area contributed by atoms with Gasteiger partial charge < -0.3 is 19.5 Å². The molecule has 0 aliphatic heterocycles. The van der Waals surface area contributed by atoms with Crippen molar-refractivity contribution in [3.05, 3.63) is 91.0 Å². The highest BCUT2D eigenvalue weighted by Gasteiger charge is 2.36. The lowest BCUT2D eigenvalue weighted by Crippen LogP contribution is -2.49. The number of fused-ring (bicyclic) bond motifs is 3. The van der Waals surface area contributed by atoms with Crippen molar-refractivity contribution in [3.8, 4) is 11.1 Å². The van der Waals surface area contributed by atoms with Crippen molar-refractivity contribution in [2.45, 2.75) is 38.9 Å². The van der Waals surface area contributed by atoms with Crippen LogP contribution in [0.4, 0.5) is 11.4 Å². The number of furan rings is 1. The van der Waals surface area contributed by atoms with E-state index in [9.17, 15) is 5.11 Å². The van der Waals surface area contributed by atoms with E-state index >= 15 is 0 Å². The molecular formula is C30H29BNO3. The van der Waals surface area contributed by atoms with Crippen LogP contribution >= 0.6 is 0 Å². The minimum absolute atomic E-state index is 0.786. The zero-order valence-electron chi connectivity index (χ0n) is 20.5. The molecule has 35 heavy (non-hydrogen) atoms. The largest absolute Gasteiger partial charge is 0.454 e. The Labute approximate surface area is 206 Å². The van der Waals surface area contributed by atoms with Crippen molar-refractivity contribution >= 4 is 46.3 Å². The third-order valence-electron chi connectivity index (χ3n) is 6.79. The van der Waals surface area contributed by atoms with E-state index < -0.39 is 11.2 Å². The van der Waals surface area contributed by atoms with Crippen LogP contribution in [-0.2, 0) is 4.65 Å². The van der Waals surface area contributed by atoms with Crippen LogP contribution in [0.3, 0.4) is 0 Å². The zero-order chi connectivity index (χ0) is 24.6. The maximum Gasteiger partial charge on any atom is 0.333 e. The molecule has 0 saturated heterocycles. The second kappa shape index (κ2) is 8.92. The summed E-state index contributed by atoms with van der Waals surface area (Å²) >= 11 is 0. The molecule has 4 nitrogen and oxygen atoms in total. The van der Waals surface area contributed by atoms with Gasteiger partial charge in [0.25, 0.3) is 0 Å². The Hall–Kier alpha value is -3.54. The summed E-state index contributed by atoms with van der Waals surface area (Å²) in [5.41, 5.74) is 4.69. The van der Waals surface area contributed by atoms with Crippen LogP contribution in [0.5, 0.6) is 0 Å². The highest BCUT2D eigenvalue weighted by molar-refractivity contribution is 6.50. The molecule has 5 aromatic rings. The average molecular weight is 462 g/mol. The van der Waals surface area contributed by atoms with Gasteiger partial charge in [0, 0.05) is 16.5 Å². The Bertz CT molecular complexity index is 1480. The first kappa shape index (κ1) is 23.2. The van der Waals surface area contributed by atoms with Crippen molar-refractivity contribution in [2.75, 3.05) is 5.32 Å². The van der Waals surface area contributed by atoms with E-state index in [1.807, 2.05) is 62.4 Å². The van der Waals surface area contributed by atoms with Crippen LogP contribution in [0.25, 0.3) is 33.1 Å². The maximum atomic E-state index is 10.6. The van der Waals surface area contributed by atoms with Gasteiger partial charge in [-0.15, -0.1) is 0 Å². The van der Waals surface area contributed by atoms with Crippen LogP contribution in [-0.4, -0.2) is 23.8 Å². The Morgan fingerprint density at radius 1 is 0.743 bits per heavy atom. The molecule has 1 aromatic heterocycles. The molecule has 5 rings (SSSR count). The lowest BCUT2D eigenvalue weighted by molar-refractivity contribution is -0.0893. The van der Waals surface area contributed by atoms with E-state index in [1.165, 1.54) is 0 Å². The number of benzene rings is 4. The first-order valence-electron chi connectivity index (χ1n) is 11.8. The summed E-state index contributed by atoms with van der Waals surface area (Å²) in [5, 5.41) is 16.3. The van der Waals surface area contributed by atoms with Gasteiger partial charge >= 0.3 is 7.48 Å². The summed E-state index contributed by atoms with van der Waals surface area (Å²) in [6, 6.07) is 30.7. The van der Waals surface area contributed by atoms with E-state index in [0.717, 1.165) is 49.9 Å². The minimum Gasteiger partial charge on any atom is -0.454 e. The fraction of sp³-hybridized carbons (Fsp3) is 0.200.